The van der Waals surface area contributed by atoms with E-state index in [1.54, 1.807) is 0 Å². The highest BCUT2D eigenvalue weighted by atomic mass is 31.2. The first kappa shape index (κ1) is 22.6. The van der Waals surface area contributed by atoms with Gasteiger partial charge in [0.2, 0.25) is 0 Å². The summed E-state index contributed by atoms with van der Waals surface area (Å²) in [7, 11) is -7.21. The van der Waals surface area contributed by atoms with Crippen LogP contribution in [0.5, 0.6) is 0 Å². The largest absolute Gasteiger partial charge is 0.374 e. The van der Waals surface area contributed by atoms with Crippen molar-refractivity contribution in [2.45, 2.75) is 56.1 Å². The van der Waals surface area contributed by atoms with Gasteiger partial charge in [-0.15, -0.1) is 0 Å². The molecule has 4 unspecified atom stereocenters. The number of aromatic amines is 1. The zero-order valence-electron chi connectivity index (χ0n) is 15.9. The second-order valence-electron chi connectivity index (χ2n) is 7.49. The Morgan fingerprint density at radius 1 is 1.24 bits per heavy atom. The third-order valence-corrected chi connectivity index (χ3v) is 8.52. The number of aromatic nitrogens is 2. The van der Waals surface area contributed by atoms with Gasteiger partial charge < -0.3 is 24.2 Å². The van der Waals surface area contributed by atoms with Crippen LogP contribution in [0.3, 0.4) is 0 Å². The minimum Gasteiger partial charge on any atom is -0.374 e. The molecule has 0 radical (unpaired) electrons. The van der Waals surface area contributed by atoms with Crippen molar-refractivity contribution in [3.63, 3.8) is 0 Å². The van der Waals surface area contributed by atoms with Crippen LogP contribution in [0.15, 0.2) is 21.9 Å². The van der Waals surface area contributed by atoms with Gasteiger partial charge in [0.1, 0.15) is 12.2 Å². The first-order valence-electron chi connectivity index (χ1n) is 8.92. The molecule has 4 N–H and O–H groups in total. The molecule has 0 bridgehead atoms. The Bertz CT molecular complexity index is 968. The molecule has 2 fully saturated rings. The van der Waals surface area contributed by atoms with E-state index in [4.69, 9.17) is 14.0 Å². The van der Waals surface area contributed by atoms with Crippen LogP contribution in [0, 0.1) is 5.92 Å². The van der Waals surface area contributed by atoms with E-state index in [9.17, 15) is 33.4 Å². The number of hydrogen-bond acceptors (Lipinski definition) is 7. The Kier molecular flexibility index (Phi) is 6.12. The number of nitrogens with zero attached hydrogens (tertiary/aromatic N) is 1. The number of H-pyrrole nitrogens is 1. The normalized spacial score (nSPS) is 34.3. The highest BCUT2D eigenvalue weighted by Crippen LogP contribution is 2.63. The molecule has 0 aromatic carbocycles. The standard InChI is InChI=1S/C15H24N2O10P2/c1-7(2)29(23,24)27-12-11(8-6-9(8)28(20,21)22)26-14(13(12)25-3)17-5-4-10(18)16-15(17)19/h4-5,7-9,11-14H,6H2,1-3H3,(H,23,24)(H,16,18,19)(H2,20,21,22)/t8?,9?,11-,12?,13+,14-/m1/s1. The highest BCUT2D eigenvalue weighted by Gasteiger charge is 2.62. The summed E-state index contributed by atoms with van der Waals surface area (Å²) in [4.78, 5) is 54.8. The van der Waals surface area contributed by atoms with Crippen LogP contribution < -0.4 is 11.2 Å². The minimum atomic E-state index is -4.39. The molecule has 2 heterocycles. The van der Waals surface area contributed by atoms with Gasteiger partial charge in [-0.05, 0) is 6.42 Å². The smallest absolute Gasteiger partial charge is 0.331 e. The summed E-state index contributed by atoms with van der Waals surface area (Å²) in [5, 5.41) is 0. The molecule has 0 spiro atoms. The van der Waals surface area contributed by atoms with E-state index >= 15 is 0 Å². The lowest BCUT2D eigenvalue weighted by Gasteiger charge is -2.27. The van der Waals surface area contributed by atoms with E-state index in [0.29, 0.717) is 0 Å². The van der Waals surface area contributed by atoms with Gasteiger partial charge >= 0.3 is 20.9 Å². The Morgan fingerprint density at radius 3 is 2.38 bits per heavy atom. The number of rotatable bonds is 7. The fourth-order valence-corrected chi connectivity index (χ4v) is 5.49. The topological polar surface area (TPSA) is 177 Å². The van der Waals surface area contributed by atoms with Crippen molar-refractivity contribution < 1.29 is 37.8 Å². The van der Waals surface area contributed by atoms with Crippen LogP contribution in [-0.4, -0.2) is 61.0 Å². The van der Waals surface area contributed by atoms with Gasteiger partial charge in [0.15, 0.2) is 6.23 Å². The van der Waals surface area contributed by atoms with Crippen LogP contribution in [0.1, 0.15) is 26.5 Å². The molecule has 1 saturated carbocycles. The third-order valence-electron chi connectivity index (χ3n) is 5.21. The molecule has 1 aromatic heterocycles. The lowest BCUT2D eigenvalue weighted by Crippen LogP contribution is -2.40. The molecule has 2 aliphatic rings. The predicted molar refractivity (Wildman–Crippen MR) is 99.8 cm³/mol. The summed E-state index contributed by atoms with van der Waals surface area (Å²) >= 11 is 0. The SMILES string of the molecule is CO[C@H]1C(OP(=O)(O)C(C)C)[C@@H](C2CC2P(=O)(O)O)O[C@H]1n1ccc(=O)[nH]c1=O. The van der Waals surface area contributed by atoms with Gasteiger partial charge in [0.25, 0.3) is 5.56 Å². The lowest BCUT2D eigenvalue weighted by atomic mass is 10.1. The number of methoxy groups -OCH3 is 1. The molecule has 3 rings (SSSR count). The van der Waals surface area contributed by atoms with Gasteiger partial charge in [-0.25, -0.2) is 4.79 Å². The third kappa shape index (κ3) is 4.50. The van der Waals surface area contributed by atoms with E-state index < -0.39 is 68.2 Å². The molecule has 1 aromatic rings. The Balaban J connectivity index is 1.99. The maximum atomic E-state index is 12.5. The number of hydrogen-bond donors (Lipinski definition) is 4. The average Bonchev–Trinajstić information content (AvgIpc) is 3.32. The molecule has 14 heteroatoms. The summed E-state index contributed by atoms with van der Waals surface area (Å²) in [6.07, 6.45) is -3.02. The van der Waals surface area contributed by atoms with Crippen molar-refractivity contribution in [1.82, 2.24) is 9.55 Å². The van der Waals surface area contributed by atoms with Crippen LogP contribution in [0.4, 0.5) is 0 Å². The average molecular weight is 454 g/mol. The van der Waals surface area contributed by atoms with E-state index in [1.165, 1.54) is 27.2 Å². The quantitative estimate of drug-likeness (QED) is 0.410. The summed E-state index contributed by atoms with van der Waals surface area (Å²) < 4.78 is 41.9. The summed E-state index contributed by atoms with van der Waals surface area (Å²) in [5.41, 5.74) is -3.13. The van der Waals surface area contributed by atoms with Gasteiger partial charge in [0, 0.05) is 25.3 Å². The Hall–Kier alpha value is -1.10. The highest BCUT2D eigenvalue weighted by molar-refractivity contribution is 7.53. The van der Waals surface area contributed by atoms with E-state index in [-0.39, 0.29) is 6.42 Å². The van der Waals surface area contributed by atoms with Crippen molar-refractivity contribution in [1.29, 1.82) is 0 Å². The van der Waals surface area contributed by atoms with Gasteiger partial charge in [-0.2, -0.15) is 0 Å². The first-order valence-corrected chi connectivity index (χ1v) is 12.3. The van der Waals surface area contributed by atoms with Crippen LogP contribution in [-0.2, 0) is 23.1 Å². The van der Waals surface area contributed by atoms with E-state index in [2.05, 4.69) is 4.98 Å². The van der Waals surface area contributed by atoms with Crippen LogP contribution >= 0.6 is 15.2 Å². The van der Waals surface area contributed by atoms with Gasteiger partial charge in [-0.3, -0.25) is 28.0 Å². The van der Waals surface area contributed by atoms with Crippen LogP contribution in [0.2, 0.25) is 0 Å². The van der Waals surface area contributed by atoms with Crippen molar-refractivity contribution in [2.24, 2.45) is 5.92 Å². The maximum absolute atomic E-state index is 12.5. The summed E-state index contributed by atoms with van der Waals surface area (Å²) in [6, 6.07) is 1.10. The molecule has 1 saturated heterocycles. The Labute approximate surface area is 165 Å². The van der Waals surface area contributed by atoms with Crippen molar-refractivity contribution in [3.05, 3.63) is 33.1 Å². The summed E-state index contributed by atoms with van der Waals surface area (Å²) in [6.45, 7) is 2.99. The zero-order valence-corrected chi connectivity index (χ0v) is 17.7. The molecular formula is C15H24N2O10P2. The fraction of sp³-hybridized carbons (Fsp3) is 0.733. The zero-order chi connectivity index (χ0) is 21.7. The number of ether oxygens (including phenoxy) is 2. The van der Waals surface area contributed by atoms with Crippen molar-refractivity contribution in [2.75, 3.05) is 7.11 Å². The minimum absolute atomic E-state index is 0.135. The molecule has 7 atom stereocenters. The lowest BCUT2D eigenvalue weighted by molar-refractivity contribution is -0.0571. The second-order valence-corrected chi connectivity index (χ2v) is 11.7. The van der Waals surface area contributed by atoms with Gasteiger partial charge in [0.05, 0.1) is 17.4 Å². The van der Waals surface area contributed by atoms with E-state index in [1.807, 2.05) is 0 Å². The number of nitrogens with one attached hydrogen (secondary N) is 1. The molecule has 0 amide bonds. The predicted octanol–water partition coefficient (Wildman–Crippen LogP) is -0.00580. The van der Waals surface area contributed by atoms with Crippen molar-refractivity contribution in [3.8, 4) is 0 Å². The second kappa shape index (κ2) is 7.86. The fourth-order valence-electron chi connectivity index (χ4n) is 3.47. The molecule has 12 nitrogen and oxygen atoms in total. The molecular weight excluding hydrogens is 430 g/mol. The molecule has 164 valence electrons. The van der Waals surface area contributed by atoms with Gasteiger partial charge in [-0.1, -0.05) is 13.8 Å². The van der Waals surface area contributed by atoms with Crippen molar-refractivity contribution >= 4 is 15.2 Å². The molecule has 1 aliphatic carbocycles. The molecule has 1 aliphatic heterocycles. The maximum Gasteiger partial charge on any atom is 0.331 e. The van der Waals surface area contributed by atoms with E-state index in [0.717, 1.165) is 10.6 Å². The Morgan fingerprint density at radius 2 is 1.90 bits per heavy atom. The molecule has 29 heavy (non-hydrogen) atoms. The van der Waals surface area contributed by atoms with Crippen LogP contribution in [0.25, 0.3) is 0 Å². The summed E-state index contributed by atoms with van der Waals surface area (Å²) in [5.74, 6) is -0.644. The monoisotopic (exact) mass is 454 g/mol. The first-order chi connectivity index (χ1) is 13.4.